The first-order valence-electron chi connectivity index (χ1n) is 7.16. The van der Waals surface area contributed by atoms with E-state index < -0.39 is 12.0 Å². The van der Waals surface area contributed by atoms with Crippen LogP contribution in [0.1, 0.15) is 6.42 Å². The normalized spacial score (nSPS) is 17.9. The molecule has 1 amide bonds. The molecule has 1 atom stereocenters. The SMILES string of the molecule is CN1CCN(C(CC(=O)Nc2ccc(Br)cc2)C(=O)O)CC1. The molecule has 120 valence electrons. The fourth-order valence-corrected chi connectivity index (χ4v) is 2.69. The summed E-state index contributed by atoms with van der Waals surface area (Å²) in [6, 6.07) is 6.42. The van der Waals surface area contributed by atoms with Crippen molar-refractivity contribution in [3.05, 3.63) is 28.7 Å². The van der Waals surface area contributed by atoms with E-state index in [-0.39, 0.29) is 12.3 Å². The summed E-state index contributed by atoms with van der Waals surface area (Å²) in [5, 5.41) is 12.1. The molecule has 0 bridgehead atoms. The van der Waals surface area contributed by atoms with Gasteiger partial charge in [0.05, 0.1) is 6.42 Å². The van der Waals surface area contributed by atoms with Crippen molar-refractivity contribution >= 4 is 33.5 Å². The third kappa shape index (κ3) is 4.79. The van der Waals surface area contributed by atoms with E-state index in [1.54, 1.807) is 12.1 Å². The van der Waals surface area contributed by atoms with Gasteiger partial charge in [-0.15, -0.1) is 0 Å². The van der Waals surface area contributed by atoms with Gasteiger partial charge in [-0.1, -0.05) is 15.9 Å². The van der Waals surface area contributed by atoms with Crippen LogP contribution in [0.15, 0.2) is 28.7 Å². The lowest BCUT2D eigenvalue weighted by Gasteiger charge is -2.35. The summed E-state index contributed by atoms with van der Waals surface area (Å²) in [5.74, 6) is -1.23. The number of piperazine rings is 1. The molecule has 1 aliphatic rings. The lowest BCUT2D eigenvalue weighted by atomic mass is 10.1. The minimum atomic E-state index is -0.949. The Morgan fingerprint density at radius 3 is 2.36 bits per heavy atom. The molecule has 1 aliphatic heterocycles. The fraction of sp³-hybridized carbons (Fsp3) is 0.467. The van der Waals surface area contributed by atoms with E-state index in [4.69, 9.17) is 0 Å². The van der Waals surface area contributed by atoms with Crippen molar-refractivity contribution in [1.29, 1.82) is 0 Å². The molecule has 1 saturated heterocycles. The van der Waals surface area contributed by atoms with Crippen LogP contribution < -0.4 is 5.32 Å². The second-order valence-corrected chi connectivity index (χ2v) is 6.37. The maximum absolute atomic E-state index is 12.1. The van der Waals surface area contributed by atoms with E-state index in [9.17, 15) is 14.7 Å². The summed E-state index contributed by atoms with van der Waals surface area (Å²) in [4.78, 5) is 27.6. The molecule has 0 aromatic heterocycles. The smallest absolute Gasteiger partial charge is 0.321 e. The van der Waals surface area contributed by atoms with Gasteiger partial charge in [-0.2, -0.15) is 0 Å². The number of carbonyl (C=O) groups is 2. The van der Waals surface area contributed by atoms with E-state index in [1.807, 2.05) is 24.1 Å². The lowest BCUT2D eigenvalue weighted by molar-refractivity contribution is -0.145. The average molecular weight is 370 g/mol. The number of halogens is 1. The number of rotatable bonds is 5. The number of amides is 1. The van der Waals surface area contributed by atoms with Crippen LogP contribution in [-0.4, -0.2) is 66.1 Å². The molecule has 0 radical (unpaired) electrons. The zero-order valence-corrected chi connectivity index (χ0v) is 14.0. The van der Waals surface area contributed by atoms with E-state index in [0.29, 0.717) is 18.8 Å². The topological polar surface area (TPSA) is 72.9 Å². The number of benzene rings is 1. The standard InChI is InChI=1S/C15H20BrN3O3/c1-18-6-8-19(9-7-18)13(15(21)22)10-14(20)17-12-4-2-11(16)3-5-12/h2-5,13H,6-10H2,1H3,(H,17,20)(H,21,22). The van der Waals surface area contributed by atoms with E-state index >= 15 is 0 Å². The van der Waals surface area contributed by atoms with Crippen molar-refractivity contribution in [3.8, 4) is 0 Å². The highest BCUT2D eigenvalue weighted by atomic mass is 79.9. The Hall–Kier alpha value is -1.44. The number of hydrogen-bond acceptors (Lipinski definition) is 4. The van der Waals surface area contributed by atoms with Crippen LogP contribution in [-0.2, 0) is 9.59 Å². The number of likely N-dealkylation sites (N-methyl/N-ethyl adjacent to an activating group) is 1. The molecule has 1 aromatic carbocycles. The van der Waals surface area contributed by atoms with Crippen LogP contribution in [0.3, 0.4) is 0 Å². The molecule has 22 heavy (non-hydrogen) atoms. The first-order chi connectivity index (χ1) is 10.5. The first kappa shape index (κ1) is 16.9. The van der Waals surface area contributed by atoms with Crippen LogP contribution >= 0.6 is 15.9 Å². The van der Waals surface area contributed by atoms with Crippen molar-refractivity contribution in [2.45, 2.75) is 12.5 Å². The molecule has 7 heteroatoms. The number of nitrogens with one attached hydrogen (secondary N) is 1. The van der Waals surface area contributed by atoms with Gasteiger partial charge in [0.1, 0.15) is 6.04 Å². The largest absolute Gasteiger partial charge is 0.480 e. The monoisotopic (exact) mass is 369 g/mol. The Bertz CT molecular complexity index is 527. The Labute approximate surface area is 138 Å². The van der Waals surface area contributed by atoms with Gasteiger partial charge in [-0.25, -0.2) is 0 Å². The zero-order chi connectivity index (χ0) is 16.1. The third-order valence-electron chi connectivity index (χ3n) is 3.77. The molecule has 0 spiro atoms. The van der Waals surface area contributed by atoms with Gasteiger partial charge in [0, 0.05) is 36.3 Å². The Balaban J connectivity index is 1.94. The molecule has 6 nitrogen and oxygen atoms in total. The van der Waals surface area contributed by atoms with Crippen molar-refractivity contribution in [3.63, 3.8) is 0 Å². The van der Waals surface area contributed by atoms with E-state index in [2.05, 4.69) is 26.1 Å². The van der Waals surface area contributed by atoms with Gasteiger partial charge in [0.15, 0.2) is 0 Å². The lowest BCUT2D eigenvalue weighted by Crippen LogP contribution is -2.52. The summed E-state index contributed by atoms with van der Waals surface area (Å²) in [6.45, 7) is 2.97. The van der Waals surface area contributed by atoms with E-state index in [0.717, 1.165) is 17.6 Å². The number of carbonyl (C=O) groups excluding carboxylic acids is 1. The van der Waals surface area contributed by atoms with E-state index in [1.165, 1.54) is 0 Å². The minimum absolute atomic E-state index is 0.0465. The predicted octanol–water partition coefficient (Wildman–Crippen LogP) is 1.48. The second-order valence-electron chi connectivity index (χ2n) is 5.45. The summed E-state index contributed by atoms with van der Waals surface area (Å²) in [7, 11) is 2.01. The molecule has 2 rings (SSSR count). The average Bonchev–Trinajstić information content (AvgIpc) is 2.48. The zero-order valence-electron chi connectivity index (χ0n) is 12.5. The van der Waals surface area contributed by atoms with Crippen molar-refractivity contribution in [2.24, 2.45) is 0 Å². The number of aliphatic carboxylic acids is 1. The van der Waals surface area contributed by atoms with Gasteiger partial charge in [-0.3, -0.25) is 14.5 Å². The van der Waals surface area contributed by atoms with Gasteiger partial charge in [0.2, 0.25) is 5.91 Å². The number of hydrogen-bond donors (Lipinski definition) is 2. The van der Waals surface area contributed by atoms with Crippen LogP contribution in [0, 0.1) is 0 Å². The van der Waals surface area contributed by atoms with Crippen molar-refractivity contribution < 1.29 is 14.7 Å². The molecule has 1 aromatic rings. The molecule has 0 saturated carbocycles. The quantitative estimate of drug-likeness (QED) is 0.822. The van der Waals surface area contributed by atoms with Gasteiger partial charge < -0.3 is 15.3 Å². The molecular weight excluding hydrogens is 350 g/mol. The van der Waals surface area contributed by atoms with Crippen LogP contribution in [0.4, 0.5) is 5.69 Å². The molecular formula is C15H20BrN3O3. The number of carboxylic acid groups (broad SMARTS) is 1. The molecule has 0 aliphatic carbocycles. The second kappa shape index (κ2) is 7.71. The minimum Gasteiger partial charge on any atom is -0.480 e. The van der Waals surface area contributed by atoms with Crippen molar-refractivity contribution in [2.75, 3.05) is 38.5 Å². The van der Waals surface area contributed by atoms with Gasteiger partial charge in [0.25, 0.3) is 0 Å². The maximum Gasteiger partial charge on any atom is 0.321 e. The highest BCUT2D eigenvalue weighted by molar-refractivity contribution is 9.10. The number of carboxylic acids is 1. The molecule has 2 N–H and O–H groups in total. The van der Waals surface area contributed by atoms with Crippen molar-refractivity contribution in [1.82, 2.24) is 9.80 Å². The maximum atomic E-state index is 12.1. The summed E-state index contributed by atoms with van der Waals surface area (Å²) >= 11 is 3.33. The predicted molar refractivity (Wildman–Crippen MR) is 87.9 cm³/mol. The molecule has 1 unspecified atom stereocenters. The highest BCUT2D eigenvalue weighted by Crippen LogP contribution is 2.15. The fourth-order valence-electron chi connectivity index (χ4n) is 2.43. The molecule has 1 fully saturated rings. The van der Waals surface area contributed by atoms with Crippen LogP contribution in [0.5, 0.6) is 0 Å². The number of anilines is 1. The van der Waals surface area contributed by atoms with Crippen LogP contribution in [0.25, 0.3) is 0 Å². The summed E-state index contributed by atoms with van der Waals surface area (Å²) in [5.41, 5.74) is 0.663. The number of nitrogens with zero attached hydrogens (tertiary/aromatic N) is 2. The molecule has 1 heterocycles. The van der Waals surface area contributed by atoms with Crippen LogP contribution in [0.2, 0.25) is 0 Å². The highest BCUT2D eigenvalue weighted by Gasteiger charge is 2.30. The first-order valence-corrected chi connectivity index (χ1v) is 7.96. The Morgan fingerprint density at radius 2 is 1.82 bits per heavy atom. The Kier molecular flexibility index (Phi) is 5.93. The Morgan fingerprint density at radius 1 is 1.23 bits per heavy atom. The summed E-state index contributed by atoms with van der Waals surface area (Å²) < 4.78 is 0.923. The van der Waals surface area contributed by atoms with Gasteiger partial charge >= 0.3 is 5.97 Å². The van der Waals surface area contributed by atoms with Gasteiger partial charge in [-0.05, 0) is 31.3 Å². The summed E-state index contributed by atoms with van der Waals surface area (Å²) in [6.07, 6.45) is -0.0465. The third-order valence-corrected chi connectivity index (χ3v) is 4.30.